The summed E-state index contributed by atoms with van der Waals surface area (Å²) in [7, 11) is 3.25. The number of halogens is 2. The van der Waals surface area contributed by atoms with Gasteiger partial charge >= 0.3 is 0 Å². The number of methoxy groups -OCH3 is 1. The molecule has 140 valence electrons. The van der Waals surface area contributed by atoms with Gasteiger partial charge < -0.3 is 10.1 Å². The van der Waals surface area contributed by atoms with Crippen molar-refractivity contribution in [3.63, 3.8) is 0 Å². The molecular weight excluding hydrogens is 364 g/mol. The number of rotatable bonds is 4. The fourth-order valence-corrected chi connectivity index (χ4v) is 2.99. The number of nitrogens with one attached hydrogen (secondary N) is 1. The SMILES string of the molecule is CNc1nc(-c2ccnnc2)nc2c(OC)cc(-c3cc(F)cc(F)c3)cc12. The van der Waals surface area contributed by atoms with E-state index in [1.165, 1.54) is 19.2 Å². The number of nitrogens with zero attached hydrogens (tertiary/aromatic N) is 4. The zero-order valence-electron chi connectivity index (χ0n) is 15.1. The third-order valence-electron chi connectivity index (χ3n) is 4.26. The van der Waals surface area contributed by atoms with Crippen LogP contribution in [-0.2, 0) is 0 Å². The highest BCUT2D eigenvalue weighted by Gasteiger charge is 2.15. The van der Waals surface area contributed by atoms with E-state index >= 15 is 0 Å². The fourth-order valence-electron chi connectivity index (χ4n) is 2.99. The quantitative estimate of drug-likeness (QED) is 0.576. The molecule has 8 heteroatoms. The van der Waals surface area contributed by atoms with Crippen LogP contribution in [0, 0.1) is 11.6 Å². The van der Waals surface area contributed by atoms with Gasteiger partial charge in [0.25, 0.3) is 0 Å². The molecule has 0 saturated carbocycles. The topological polar surface area (TPSA) is 72.8 Å². The Labute approximate surface area is 159 Å². The summed E-state index contributed by atoms with van der Waals surface area (Å²) in [5.74, 6) is 0.155. The highest BCUT2D eigenvalue weighted by Crippen LogP contribution is 2.36. The van der Waals surface area contributed by atoms with Crippen LogP contribution in [0.1, 0.15) is 0 Å². The van der Waals surface area contributed by atoms with E-state index in [-0.39, 0.29) is 0 Å². The number of benzene rings is 2. The standard InChI is InChI=1S/C20H15F2N5O/c1-23-20-16-7-13(12-5-14(21)9-15(22)6-12)8-17(28-2)18(16)26-19(27-20)11-3-4-24-25-10-11/h3-10H,1-2H3,(H,23,26,27). The van der Waals surface area contributed by atoms with Gasteiger partial charge in [-0.2, -0.15) is 10.2 Å². The Morgan fingerprint density at radius 2 is 1.64 bits per heavy atom. The predicted molar refractivity (Wildman–Crippen MR) is 102 cm³/mol. The van der Waals surface area contributed by atoms with Gasteiger partial charge in [-0.1, -0.05) is 0 Å². The van der Waals surface area contributed by atoms with Crippen LogP contribution in [0.5, 0.6) is 5.75 Å². The minimum Gasteiger partial charge on any atom is -0.494 e. The van der Waals surface area contributed by atoms with E-state index in [1.54, 1.807) is 37.6 Å². The summed E-state index contributed by atoms with van der Waals surface area (Å²) >= 11 is 0. The third kappa shape index (κ3) is 3.20. The van der Waals surface area contributed by atoms with Crippen LogP contribution in [0.25, 0.3) is 33.4 Å². The summed E-state index contributed by atoms with van der Waals surface area (Å²) in [6, 6.07) is 8.58. The van der Waals surface area contributed by atoms with Crippen LogP contribution in [0.4, 0.5) is 14.6 Å². The molecule has 0 saturated heterocycles. The molecule has 2 aromatic heterocycles. The van der Waals surface area contributed by atoms with E-state index < -0.39 is 11.6 Å². The number of ether oxygens (including phenoxy) is 1. The van der Waals surface area contributed by atoms with Gasteiger partial charge in [0.1, 0.15) is 28.7 Å². The first-order valence-corrected chi connectivity index (χ1v) is 8.40. The van der Waals surface area contributed by atoms with Crippen molar-refractivity contribution in [3.8, 4) is 28.3 Å². The normalized spacial score (nSPS) is 10.9. The van der Waals surface area contributed by atoms with Crippen LogP contribution in [-0.4, -0.2) is 34.3 Å². The van der Waals surface area contributed by atoms with Crippen molar-refractivity contribution in [2.45, 2.75) is 0 Å². The van der Waals surface area contributed by atoms with E-state index in [0.29, 0.717) is 45.0 Å². The number of anilines is 1. The Morgan fingerprint density at radius 3 is 2.29 bits per heavy atom. The molecule has 0 unspecified atom stereocenters. The number of hydrogen-bond donors (Lipinski definition) is 1. The lowest BCUT2D eigenvalue weighted by Crippen LogP contribution is -2.01. The van der Waals surface area contributed by atoms with Gasteiger partial charge in [0.15, 0.2) is 5.82 Å². The second kappa shape index (κ2) is 7.15. The maximum atomic E-state index is 13.7. The Kier molecular flexibility index (Phi) is 4.52. The molecule has 4 aromatic rings. The zero-order valence-corrected chi connectivity index (χ0v) is 15.1. The molecule has 0 aliphatic rings. The average molecular weight is 379 g/mol. The second-order valence-electron chi connectivity index (χ2n) is 6.01. The van der Waals surface area contributed by atoms with E-state index in [1.807, 2.05) is 0 Å². The zero-order chi connectivity index (χ0) is 19.7. The molecule has 0 amide bonds. The van der Waals surface area contributed by atoms with Crippen LogP contribution < -0.4 is 10.1 Å². The highest BCUT2D eigenvalue weighted by molar-refractivity contribution is 5.97. The van der Waals surface area contributed by atoms with Gasteiger partial charge in [-0.25, -0.2) is 18.7 Å². The molecule has 1 N–H and O–H groups in total. The maximum Gasteiger partial charge on any atom is 0.163 e. The average Bonchev–Trinajstić information content (AvgIpc) is 2.72. The van der Waals surface area contributed by atoms with Gasteiger partial charge in [0.2, 0.25) is 0 Å². The summed E-state index contributed by atoms with van der Waals surface area (Å²) in [6.45, 7) is 0. The fraction of sp³-hybridized carbons (Fsp3) is 0.100. The lowest BCUT2D eigenvalue weighted by molar-refractivity contribution is 0.419. The van der Waals surface area contributed by atoms with Crippen molar-refractivity contribution in [1.29, 1.82) is 0 Å². The molecule has 0 aliphatic carbocycles. The molecule has 0 atom stereocenters. The minimum absolute atomic E-state index is 0.391. The second-order valence-corrected chi connectivity index (χ2v) is 6.01. The Morgan fingerprint density at radius 1 is 0.893 bits per heavy atom. The van der Waals surface area contributed by atoms with Crippen LogP contribution >= 0.6 is 0 Å². The smallest absolute Gasteiger partial charge is 0.163 e. The van der Waals surface area contributed by atoms with Crippen LogP contribution in [0.3, 0.4) is 0 Å². The predicted octanol–water partition coefficient (Wildman–Crippen LogP) is 4.08. The Bertz CT molecular complexity index is 1150. The largest absolute Gasteiger partial charge is 0.494 e. The molecular formula is C20H15F2N5O. The monoisotopic (exact) mass is 379 g/mol. The van der Waals surface area contributed by atoms with E-state index in [9.17, 15) is 8.78 Å². The number of fused-ring (bicyclic) bond motifs is 1. The van der Waals surface area contributed by atoms with Crippen molar-refractivity contribution < 1.29 is 13.5 Å². The Hall–Kier alpha value is -3.68. The van der Waals surface area contributed by atoms with Crippen molar-refractivity contribution in [1.82, 2.24) is 20.2 Å². The van der Waals surface area contributed by atoms with E-state index in [0.717, 1.165) is 6.07 Å². The summed E-state index contributed by atoms with van der Waals surface area (Å²) < 4.78 is 32.9. The minimum atomic E-state index is -0.653. The molecule has 0 aliphatic heterocycles. The van der Waals surface area contributed by atoms with Gasteiger partial charge in [-0.05, 0) is 41.5 Å². The maximum absolute atomic E-state index is 13.7. The molecule has 0 radical (unpaired) electrons. The summed E-state index contributed by atoms with van der Waals surface area (Å²) in [6.07, 6.45) is 3.12. The van der Waals surface area contributed by atoms with Crippen molar-refractivity contribution in [2.75, 3.05) is 19.5 Å². The summed E-state index contributed by atoms with van der Waals surface area (Å²) in [4.78, 5) is 9.14. The van der Waals surface area contributed by atoms with Gasteiger partial charge in [0, 0.05) is 24.1 Å². The molecule has 0 bridgehead atoms. The molecule has 28 heavy (non-hydrogen) atoms. The first-order chi connectivity index (χ1) is 13.6. The van der Waals surface area contributed by atoms with Crippen molar-refractivity contribution >= 4 is 16.7 Å². The molecule has 0 fully saturated rings. The number of hydrogen-bond acceptors (Lipinski definition) is 6. The molecule has 6 nitrogen and oxygen atoms in total. The van der Waals surface area contributed by atoms with Gasteiger partial charge in [-0.3, -0.25) is 0 Å². The highest BCUT2D eigenvalue weighted by atomic mass is 19.1. The van der Waals surface area contributed by atoms with Crippen molar-refractivity contribution in [3.05, 3.63) is 60.4 Å². The summed E-state index contributed by atoms with van der Waals surface area (Å²) in [5.41, 5.74) is 2.24. The Balaban J connectivity index is 1.98. The van der Waals surface area contributed by atoms with E-state index in [2.05, 4.69) is 25.5 Å². The van der Waals surface area contributed by atoms with Gasteiger partial charge in [0.05, 0.1) is 19.5 Å². The molecule has 2 heterocycles. The van der Waals surface area contributed by atoms with Crippen molar-refractivity contribution in [2.24, 2.45) is 0 Å². The third-order valence-corrected chi connectivity index (χ3v) is 4.26. The first-order valence-electron chi connectivity index (χ1n) is 8.40. The first kappa shape index (κ1) is 17.7. The van der Waals surface area contributed by atoms with Gasteiger partial charge in [-0.15, -0.1) is 0 Å². The lowest BCUT2D eigenvalue weighted by Gasteiger charge is -2.13. The summed E-state index contributed by atoms with van der Waals surface area (Å²) in [5, 5.41) is 11.3. The van der Waals surface area contributed by atoms with Crippen LogP contribution in [0.15, 0.2) is 48.8 Å². The molecule has 0 spiro atoms. The lowest BCUT2D eigenvalue weighted by atomic mass is 10.0. The molecule has 2 aromatic carbocycles. The van der Waals surface area contributed by atoms with Crippen LogP contribution in [0.2, 0.25) is 0 Å². The van der Waals surface area contributed by atoms with E-state index in [4.69, 9.17) is 4.74 Å². The number of aromatic nitrogens is 4. The molecule has 4 rings (SSSR count).